The Bertz CT molecular complexity index is 972. The van der Waals surface area contributed by atoms with Crippen molar-refractivity contribution in [2.45, 2.75) is 100.0 Å². The van der Waals surface area contributed by atoms with E-state index in [1.807, 2.05) is 0 Å². The van der Waals surface area contributed by atoms with Gasteiger partial charge in [0.1, 0.15) is 0 Å². The van der Waals surface area contributed by atoms with Gasteiger partial charge in [-0.2, -0.15) is 5.46 Å². The molecule has 2 aromatic carbocycles. The monoisotopic (exact) mass is 417 g/mol. The minimum absolute atomic E-state index is 0.115. The summed E-state index contributed by atoms with van der Waals surface area (Å²) in [4.78, 5) is 0. The van der Waals surface area contributed by atoms with Gasteiger partial charge in [-0.1, -0.05) is 88.6 Å². The second-order valence-electron chi connectivity index (χ2n) is 12.2. The van der Waals surface area contributed by atoms with Gasteiger partial charge in [-0.05, 0) is 38.2 Å². The van der Waals surface area contributed by atoms with E-state index in [0.717, 1.165) is 0 Å². The molecule has 0 unspecified atom stereocenters. The van der Waals surface area contributed by atoms with Crippen molar-refractivity contribution in [1.82, 2.24) is 0 Å². The minimum atomic E-state index is -0.448. The van der Waals surface area contributed by atoms with E-state index in [1.54, 1.807) is 11.1 Å². The third-order valence-electron chi connectivity index (χ3n) is 7.92. The standard InChI is InChI=1S/C29H44BN/c1-18(2)23-13-12-14-24(19(3)4)26(23)31-27(28(8,9)17-29(31,10)11)30-25-21(6)15-20(5)16-22(25)7/h12-16,18-19H,17,30H2,1-11H3. The number of benzene rings is 2. The van der Waals surface area contributed by atoms with Gasteiger partial charge in [-0.25, -0.2) is 4.58 Å². The number of hydrogen-bond donors (Lipinski definition) is 0. The third kappa shape index (κ3) is 4.41. The van der Waals surface area contributed by atoms with Gasteiger partial charge in [0.15, 0.2) is 5.54 Å². The van der Waals surface area contributed by atoms with Crippen molar-refractivity contribution < 1.29 is 4.58 Å². The second kappa shape index (κ2) is 8.26. The van der Waals surface area contributed by atoms with Gasteiger partial charge in [0.25, 0.3) is 0 Å². The number of nitrogens with zero attached hydrogens (tertiary/aromatic N) is 1. The Morgan fingerprint density at radius 2 is 1.32 bits per heavy atom. The molecule has 1 aliphatic rings. The topological polar surface area (TPSA) is 3.01 Å². The predicted octanol–water partition coefficient (Wildman–Crippen LogP) is 6.60. The van der Waals surface area contributed by atoms with Crippen molar-refractivity contribution in [3.05, 3.63) is 58.1 Å². The maximum atomic E-state index is 2.82. The van der Waals surface area contributed by atoms with Crippen LogP contribution in [0.1, 0.15) is 101 Å². The van der Waals surface area contributed by atoms with E-state index in [4.69, 9.17) is 0 Å². The van der Waals surface area contributed by atoms with Crippen LogP contribution in [0, 0.1) is 26.2 Å². The van der Waals surface area contributed by atoms with Crippen LogP contribution in [-0.4, -0.2) is 23.0 Å². The van der Waals surface area contributed by atoms with Crippen LogP contribution in [0.25, 0.3) is 0 Å². The van der Waals surface area contributed by atoms with Crippen LogP contribution < -0.4 is 5.46 Å². The summed E-state index contributed by atoms with van der Waals surface area (Å²) in [6, 6.07) is 11.8. The Labute approximate surface area is 192 Å². The van der Waals surface area contributed by atoms with Crippen molar-refractivity contribution in [3.63, 3.8) is 0 Å². The summed E-state index contributed by atoms with van der Waals surface area (Å²) in [7, 11) is -0.448. The average Bonchev–Trinajstić information content (AvgIpc) is 2.80. The normalized spacial score (nSPS) is 17.8. The molecule has 0 aliphatic carbocycles. The fourth-order valence-electron chi connectivity index (χ4n) is 6.62. The largest absolute Gasteiger partial charge is 0.232 e. The van der Waals surface area contributed by atoms with Crippen molar-refractivity contribution in [2.75, 3.05) is 0 Å². The molecule has 2 aromatic rings. The molecular formula is C29H44BN. The Kier molecular flexibility index (Phi) is 6.35. The number of aryl methyl sites for hydroxylation is 3. The van der Waals surface area contributed by atoms with E-state index in [0.29, 0.717) is 11.8 Å². The molecule has 2 heteroatoms. The number of rotatable bonds is 5. The first-order valence-electron chi connectivity index (χ1n) is 12.4. The van der Waals surface area contributed by atoms with Crippen LogP contribution in [0.4, 0.5) is 5.69 Å². The number of hydrogen-bond acceptors (Lipinski definition) is 0. The van der Waals surface area contributed by atoms with Gasteiger partial charge >= 0.3 is 0 Å². The molecule has 0 radical (unpaired) electrons. The van der Waals surface area contributed by atoms with Crippen LogP contribution in [0.15, 0.2) is 30.3 Å². The van der Waals surface area contributed by atoms with Gasteiger partial charge in [0.2, 0.25) is 5.69 Å². The van der Waals surface area contributed by atoms with E-state index in [2.05, 4.69) is 111 Å². The molecule has 168 valence electrons. The van der Waals surface area contributed by atoms with E-state index in [9.17, 15) is 0 Å². The lowest BCUT2D eigenvalue weighted by Crippen LogP contribution is -2.39. The molecule has 0 amide bonds. The summed E-state index contributed by atoms with van der Waals surface area (Å²) in [6.07, 6.45) is 1.20. The molecule has 0 saturated heterocycles. The quantitative estimate of drug-likeness (QED) is 0.381. The molecule has 1 nitrogen and oxygen atoms in total. The molecular weight excluding hydrogens is 373 g/mol. The molecule has 0 saturated carbocycles. The first-order chi connectivity index (χ1) is 14.3. The molecule has 31 heavy (non-hydrogen) atoms. The highest BCUT2D eigenvalue weighted by molar-refractivity contribution is 6.85. The van der Waals surface area contributed by atoms with Crippen molar-refractivity contribution >= 4 is 24.0 Å². The molecule has 0 N–H and O–H groups in total. The molecule has 3 rings (SSSR count). The predicted molar refractivity (Wildman–Crippen MR) is 141 cm³/mol. The van der Waals surface area contributed by atoms with E-state index in [1.165, 1.54) is 39.9 Å². The van der Waals surface area contributed by atoms with Crippen molar-refractivity contribution in [2.24, 2.45) is 5.41 Å². The van der Waals surface area contributed by atoms with Crippen LogP contribution in [-0.2, 0) is 0 Å². The zero-order valence-electron chi connectivity index (χ0n) is 22.2. The number of para-hydroxylation sites is 1. The Hall–Kier alpha value is -1.83. The molecule has 0 aromatic heterocycles. The SMILES string of the molecule is Cc1cc(C)c([BH2-]C2=[N+](c3c(C(C)C)cccc3C(C)C)C(C)(C)CC2(C)C)c(C)c1. The Morgan fingerprint density at radius 1 is 0.839 bits per heavy atom. The van der Waals surface area contributed by atoms with Gasteiger partial charge < -0.3 is 0 Å². The maximum Gasteiger partial charge on any atom is 0.209 e. The lowest BCUT2D eigenvalue weighted by molar-refractivity contribution is -0.515. The zero-order valence-corrected chi connectivity index (χ0v) is 22.2. The van der Waals surface area contributed by atoms with Gasteiger partial charge in [-0.15, -0.1) is 0 Å². The molecule has 1 aliphatic heterocycles. The van der Waals surface area contributed by atoms with Crippen LogP contribution >= 0.6 is 0 Å². The molecule has 1 heterocycles. The highest BCUT2D eigenvalue weighted by Gasteiger charge is 2.50. The lowest BCUT2D eigenvalue weighted by Gasteiger charge is -2.27. The first kappa shape index (κ1) is 23.8. The zero-order chi connectivity index (χ0) is 23.3. The second-order valence-corrected chi connectivity index (χ2v) is 12.2. The highest BCUT2D eigenvalue weighted by Crippen LogP contribution is 2.46. The summed E-state index contributed by atoms with van der Waals surface area (Å²) >= 11 is 0. The van der Waals surface area contributed by atoms with Gasteiger partial charge in [0, 0.05) is 36.8 Å². The maximum absolute atomic E-state index is 2.82. The molecule has 0 bridgehead atoms. The minimum Gasteiger partial charge on any atom is -0.232 e. The average molecular weight is 417 g/mol. The van der Waals surface area contributed by atoms with Crippen molar-refractivity contribution in [3.8, 4) is 0 Å². The first-order valence-corrected chi connectivity index (χ1v) is 12.4. The van der Waals surface area contributed by atoms with Crippen LogP contribution in [0.3, 0.4) is 0 Å². The fourth-order valence-corrected chi connectivity index (χ4v) is 6.62. The van der Waals surface area contributed by atoms with E-state index >= 15 is 0 Å². The third-order valence-corrected chi connectivity index (χ3v) is 7.92. The fraction of sp³-hybridized carbons (Fsp3) is 0.552. The molecule has 0 fully saturated rings. The summed E-state index contributed by atoms with van der Waals surface area (Å²) in [6.45, 7) is 26.1. The Morgan fingerprint density at radius 3 is 1.77 bits per heavy atom. The highest BCUT2D eigenvalue weighted by atomic mass is 15.1. The van der Waals surface area contributed by atoms with Gasteiger partial charge in [-0.3, -0.25) is 0 Å². The van der Waals surface area contributed by atoms with E-state index < -0.39 is 7.28 Å². The summed E-state index contributed by atoms with van der Waals surface area (Å²) in [5.74, 6) is 1.02. The molecule has 0 spiro atoms. The van der Waals surface area contributed by atoms with Gasteiger partial charge in [0.05, 0.1) is 7.28 Å². The lowest BCUT2D eigenvalue weighted by atomic mass is 9.55. The van der Waals surface area contributed by atoms with Crippen LogP contribution in [0.2, 0.25) is 0 Å². The molecule has 0 atom stereocenters. The van der Waals surface area contributed by atoms with E-state index in [-0.39, 0.29) is 11.0 Å². The summed E-state index contributed by atoms with van der Waals surface area (Å²) in [5.41, 5.74) is 12.5. The Balaban J connectivity index is 2.37. The smallest absolute Gasteiger partial charge is 0.209 e. The summed E-state index contributed by atoms with van der Waals surface area (Å²) in [5, 5.41) is 0. The summed E-state index contributed by atoms with van der Waals surface area (Å²) < 4.78 is 2.82. The van der Waals surface area contributed by atoms with Crippen LogP contribution in [0.5, 0.6) is 0 Å². The van der Waals surface area contributed by atoms with Crippen molar-refractivity contribution in [1.29, 1.82) is 0 Å².